The van der Waals surface area contributed by atoms with Gasteiger partial charge in [0.25, 0.3) is 11.5 Å². The minimum absolute atomic E-state index is 0.0553. The minimum Gasteiger partial charge on any atom is -0.497 e. The van der Waals surface area contributed by atoms with E-state index < -0.39 is 55.1 Å². The topological polar surface area (TPSA) is 103 Å². The summed E-state index contributed by atoms with van der Waals surface area (Å²) >= 11 is 0. The van der Waals surface area contributed by atoms with Crippen molar-refractivity contribution in [2.45, 2.75) is 37.7 Å². The van der Waals surface area contributed by atoms with Crippen LogP contribution in [0.2, 0.25) is 0 Å². The number of hydrogen-bond acceptors (Lipinski definition) is 6. The highest BCUT2D eigenvalue weighted by Crippen LogP contribution is 2.32. The first-order valence-corrected chi connectivity index (χ1v) is 11.9. The Morgan fingerprint density at radius 3 is 2.30 bits per heavy atom. The number of rotatable bonds is 9. The molecule has 1 N–H and O–H groups in total. The van der Waals surface area contributed by atoms with Crippen LogP contribution in [-0.2, 0) is 11.3 Å². The van der Waals surface area contributed by atoms with Crippen LogP contribution in [0, 0.1) is 0 Å². The van der Waals surface area contributed by atoms with Crippen molar-refractivity contribution in [2.24, 2.45) is 0 Å². The SMILES string of the molecule is COc1ccc([C@@H]2CN(c3ccnn(CCC(F)(F)F)c3=O)C(=O)[C@H]2NC(=O)c2ccc(OC(F)F)cc2)cc1. The van der Waals surface area contributed by atoms with Crippen molar-refractivity contribution in [1.82, 2.24) is 15.1 Å². The summed E-state index contributed by atoms with van der Waals surface area (Å²) in [5.41, 5.74) is -0.407. The van der Waals surface area contributed by atoms with Gasteiger partial charge in [0.05, 0.1) is 20.1 Å². The van der Waals surface area contributed by atoms with E-state index in [2.05, 4.69) is 15.2 Å². The Morgan fingerprint density at radius 2 is 1.70 bits per heavy atom. The van der Waals surface area contributed by atoms with Gasteiger partial charge in [0, 0.05) is 24.2 Å². The molecular weight excluding hydrogens is 543 g/mol. The Balaban J connectivity index is 1.63. The van der Waals surface area contributed by atoms with Crippen LogP contribution in [0.4, 0.5) is 27.6 Å². The minimum atomic E-state index is -4.51. The molecule has 1 fully saturated rings. The highest BCUT2D eigenvalue weighted by molar-refractivity contribution is 6.04. The number of alkyl halides is 5. The smallest absolute Gasteiger partial charge is 0.390 e. The van der Waals surface area contributed by atoms with Crippen LogP contribution in [0.15, 0.2) is 65.6 Å². The molecule has 0 bridgehead atoms. The molecule has 0 spiro atoms. The van der Waals surface area contributed by atoms with Crippen molar-refractivity contribution in [3.63, 3.8) is 0 Å². The van der Waals surface area contributed by atoms with E-state index in [9.17, 15) is 36.3 Å². The number of carbonyl (C=O) groups is 2. The maximum atomic E-state index is 13.6. The van der Waals surface area contributed by atoms with Crippen molar-refractivity contribution >= 4 is 17.5 Å². The third-order valence-electron chi connectivity index (χ3n) is 6.28. The number of nitrogens with one attached hydrogen (secondary N) is 1. The number of benzene rings is 2. The van der Waals surface area contributed by atoms with Gasteiger partial charge in [0.15, 0.2) is 0 Å². The monoisotopic (exact) mass is 566 g/mol. The van der Waals surface area contributed by atoms with Crippen LogP contribution >= 0.6 is 0 Å². The molecule has 0 radical (unpaired) electrons. The molecule has 9 nitrogen and oxygen atoms in total. The molecule has 2 heterocycles. The molecule has 40 heavy (non-hydrogen) atoms. The number of amides is 2. The first-order chi connectivity index (χ1) is 19.0. The van der Waals surface area contributed by atoms with E-state index in [-0.39, 0.29) is 23.5 Å². The van der Waals surface area contributed by atoms with E-state index in [1.54, 1.807) is 24.3 Å². The van der Waals surface area contributed by atoms with Crippen LogP contribution in [0.5, 0.6) is 11.5 Å². The van der Waals surface area contributed by atoms with E-state index >= 15 is 0 Å². The maximum Gasteiger partial charge on any atom is 0.390 e. The molecule has 2 aromatic carbocycles. The van der Waals surface area contributed by atoms with Gasteiger partial charge >= 0.3 is 12.8 Å². The number of ether oxygens (including phenoxy) is 2. The number of halogens is 5. The zero-order valence-corrected chi connectivity index (χ0v) is 20.9. The Kier molecular flexibility index (Phi) is 8.35. The summed E-state index contributed by atoms with van der Waals surface area (Å²) in [5.74, 6) is -1.65. The molecule has 4 rings (SSSR count). The summed E-state index contributed by atoms with van der Waals surface area (Å²) < 4.78 is 73.1. The standard InChI is InChI=1S/C26H23F5N4O5/c1-39-17-6-2-15(3-7-17)19-14-34(20-10-12-32-35(23(20)37)13-11-26(29,30)31)24(38)21(19)33-22(36)16-4-8-18(9-5-16)40-25(27)28/h2-10,12,19,21,25H,11,13-14H2,1H3,(H,33,36)/t19-,21-/m0/s1. The number of carbonyl (C=O) groups excluding carboxylic acids is 2. The van der Waals surface area contributed by atoms with E-state index in [1.807, 2.05) is 0 Å². The lowest BCUT2D eigenvalue weighted by molar-refractivity contribution is -0.137. The molecule has 14 heteroatoms. The zero-order valence-electron chi connectivity index (χ0n) is 20.9. The van der Waals surface area contributed by atoms with E-state index in [0.717, 1.165) is 11.1 Å². The Hall–Kier alpha value is -4.49. The lowest BCUT2D eigenvalue weighted by atomic mass is 9.93. The highest BCUT2D eigenvalue weighted by atomic mass is 19.4. The summed E-state index contributed by atoms with van der Waals surface area (Å²) in [6.45, 7) is -3.85. The van der Waals surface area contributed by atoms with Gasteiger partial charge < -0.3 is 19.7 Å². The molecule has 1 aromatic heterocycles. The van der Waals surface area contributed by atoms with Crippen molar-refractivity contribution in [2.75, 3.05) is 18.6 Å². The average Bonchev–Trinajstić information content (AvgIpc) is 3.23. The molecule has 212 valence electrons. The predicted molar refractivity (Wildman–Crippen MR) is 132 cm³/mol. The number of hydrogen-bond donors (Lipinski definition) is 1. The summed E-state index contributed by atoms with van der Waals surface area (Å²) in [4.78, 5) is 40.7. The van der Waals surface area contributed by atoms with Gasteiger partial charge in [-0.25, -0.2) is 4.68 Å². The van der Waals surface area contributed by atoms with E-state index in [0.29, 0.717) is 16.0 Å². The second-order valence-electron chi connectivity index (χ2n) is 8.79. The molecule has 1 saturated heterocycles. The molecule has 0 saturated carbocycles. The van der Waals surface area contributed by atoms with Gasteiger partial charge in [-0.15, -0.1) is 0 Å². The van der Waals surface area contributed by atoms with Gasteiger partial charge in [0.2, 0.25) is 5.91 Å². The molecule has 2 amide bonds. The molecular formula is C26H23F5N4O5. The van der Waals surface area contributed by atoms with Gasteiger partial charge in [-0.2, -0.15) is 27.1 Å². The van der Waals surface area contributed by atoms with Crippen LogP contribution < -0.4 is 25.2 Å². The Morgan fingerprint density at radius 1 is 1.05 bits per heavy atom. The quantitative estimate of drug-likeness (QED) is 0.396. The van der Waals surface area contributed by atoms with Gasteiger partial charge in [-0.05, 0) is 48.0 Å². The molecule has 2 atom stereocenters. The summed E-state index contributed by atoms with van der Waals surface area (Å²) in [6.07, 6.45) is -4.68. The normalized spacial score (nSPS) is 17.3. The lowest BCUT2D eigenvalue weighted by Crippen LogP contribution is -2.44. The lowest BCUT2D eigenvalue weighted by Gasteiger charge is -2.19. The van der Waals surface area contributed by atoms with Gasteiger partial charge in [-0.3, -0.25) is 14.4 Å². The Labute approximate surface area is 224 Å². The molecule has 1 aliphatic rings. The summed E-state index contributed by atoms with van der Waals surface area (Å²) in [6, 6.07) is 11.6. The highest BCUT2D eigenvalue weighted by Gasteiger charge is 2.44. The fourth-order valence-electron chi connectivity index (χ4n) is 4.31. The number of aromatic nitrogens is 2. The second-order valence-corrected chi connectivity index (χ2v) is 8.79. The molecule has 3 aromatic rings. The fraction of sp³-hybridized carbons (Fsp3) is 0.308. The second kappa shape index (κ2) is 11.7. The summed E-state index contributed by atoms with van der Waals surface area (Å²) in [7, 11) is 1.48. The van der Waals surface area contributed by atoms with Crippen LogP contribution in [0.1, 0.15) is 28.3 Å². The first kappa shape index (κ1) is 28.5. The maximum absolute atomic E-state index is 13.6. The van der Waals surface area contributed by atoms with Crippen LogP contribution in [-0.4, -0.2) is 54.1 Å². The van der Waals surface area contributed by atoms with Crippen LogP contribution in [0.25, 0.3) is 0 Å². The molecule has 1 aliphatic heterocycles. The zero-order chi connectivity index (χ0) is 29.0. The average molecular weight is 566 g/mol. The van der Waals surface area contributed by atoms with Crippen molar-refractivity contribution < 1.29 is 41.0 Å². The van der Waals surface area contributed by atoms with Crippen molar-refractivity contribution in [1.29, 1.82) is 0 Å². The van der Waals surface area contributed by atoms with E-state index in [1.165, 1.54) is 37.4 Å². The third kappa shape index (κ3) is 6.55. The summed E-state index contributed by atoms with van der Waals surface area (Å²) in [5, 5.41) is 6.33. The number of aryl methyl sites for hydroxylation is 1. The Bertz CT molecular complexity index is 1410. The van der Waals surface area contributed by atoms with Gasteiger partial charge in [0.1, 0.15) is 23.2 Å². The van der Waals surface area contributed by atoms with E-state index in [4.69, 9.17) is 4.74 Å². The molecule has 0 aliphatic carbocycles. The fourth-order valence-corrected chi connectivity index (χ4v) is 4.31. The molecule has 0 unspecified atom stereocenters. The predicted octanol–water partition coefficient (Wildman–Crippen LogP) is 3.73. The van der Waals surface area contributed by atoms with Crippen LogP contribution in [0.3, 0.4) is 0 Å². The number of methoxy groups -OCH3 is 1. The van der Waals surface area contributed by atoms with Crippen molar-refractivity contribution in [3.8, 4) is 11.5 Å². The van der Waals surface area contributed by atoms with Gasteiger partial charge in [-0.1, -0.05) is 12.1 Å². The number of nitrogens with zero attached hydrogens (tertiary/aromatic N) is 3. The number of anilines is 1. The largest absolute Gasteiger partial charge is 0.497 e. The first-order valence-electron chi connectivity index (χ1n) is 11.9. The third-order valence-corrected chi connectivity index (χ3v) is 6.28. The van der Waals surface area contributed by atoms with Crippen molar-refractivity contribution in [3.05, 3.63) is 82.3 Å².